The SMILES string of the molecule is CCc1ccc2c(c1)CCC(C)(C)N2S(=O)(=O)c1ccc(O)c(C(C)=O)c1. The lowest BCUT2D eigenvalue weighted by molar-refractivity contribution is 0.101. The summed E-state index contributed by atoms with van der Waals surface area (Å²) < 4.78 is 28.5. The zero-order chi connectivity index (χ0) is 20.0. The Morgan fingerprint density at radius 3 is 2.52 bits per heavy atom. The van der Waals surface area contributed by atoms with Crippen molar-refractivity contribution in [2.45, 2.75) is 57.4 Å². The second-order valence-corrected chi connectivity index (χ2v) is 9.42. The zero-order valence-corrected chi connectivity index (χ0v) is 16.9. The molecule has 0 spiro atoms. The number of Topliss-reactive ketones (excluding diaryl/α,β-unsaturated/α-hetero) is 1. The summed E-state index contributed by atoms with van der Waals surface area (Å²) >= 11 is 0. The van der Waals surface area contributed by atoms with Crippen molar-refractivity contribution < 1.29 is 18.3 Å². The first-order valence-electron chi connectivity index (χ1n) is 9.09. The molecule has 0 saturated heterocycles. The predicted octanol–water partition coefficient (Wildman–Crippen LogP) is 4.08. The van der Waals surface area contributed by atoms with Crippen LogP contribution in [0.15, 0.2) is 41.3 Å². The molecule has 1 aliphatic rings. The maximum atomic E-state index is 13.5. The Labute approximate surface area is 160 Å². The number of sulfonamides is 1. The largest absolute Gasteiger partial charge is 0.507 e. The van der Waals surface area contributed by atoms with Crippen LogP contribution < -0.4 is 4.31 Å². The van der Waals surface area contributed by atoms with E-state index in [1.54, 1.807) is 0 Å². The lowest BCUT2D eigenvalue weighted by Crippen LogP contribution is -2.50. The molecular weight excluding hydrogens is 362 g/mol. The van der Waals surface area contributed by atoms with Crippen molar-refractivity contribution in [2.24, 2.45) is 0 Å². The molecule has 0 aliphatic carbocycles. The van der Waals surface area contributed by atoms with E-state index in [1.807, 2.05) is 26.0 Å². The van der Waals surface area contributed by atoms with Crippen molar-refractivity contribution in [1.82, 2.24) is 0 Å². The Bertz CT molecular complexity index is 1010. The first kappa shape index (κ1) is 19.4. The van der Waals surface area contributed by atoms with Crippen molar-refractivity contribution in [3.05, 3.63) is 53.1 Å². The Hall–Kier alpha value is -2.34. The van der Waals surface area contributed by atoms with Crippen molar-refractivity contribution in [1.29, 1.82) is 0 Å². The van der Waals surface area contributed by atoms with Gasteiger partial charge < -0.3 is 5.11 Å². The molecule has 0 amide bonds. The van der Waals surface area contributed by atoms with Gasteiger partial charge in [-0.15, -0.1) is 0 Å². The van der Waals surface area contributed by atoms with E-state index in [1.165, 1.54) is 35.0 Å². The topological polar surface area (TPSA) is 74.7 Å². The van der Waals surface area contributed by atoms with Gasteiger partial charge in [-0.25, -0.2) is 8.42 Å². The minimum Gasteiger partial charge on any atom is -0.507 e. The van der Waals surface area contributed by atoms with Crippen LogP contribution in [0.4, 0.5) is 5.69 Å². The summed E-state index contributed by atoms with van der Waals surface area (Å²) in [5.74, 6) is -0.595. The van der Waals surface area contributed by atoms with E-state index in [0.29, 0.717) is 12.1 Å². The molecule has 27 heavy (non-hydrogen) atoms. The molecule has 2 aromatic carbocycles. The molecule has 1 N–H and O–H groups in total. The summed E-state index contributed by atoms with van der Waals surface area (Å²) in [5, 5.41) is 9.87. The first-order valence-corrected chi connectivity index (χ1v) is 10.5. The molecule has 0 aromatic heterocycles. The molecule has 0 radical (unpaired) electrons. The van der Waals surface area contributed by atoms with Gasteiger partial charge in [0, 0.05) is 0 Å². The third kappa shape index (κ3) is 3.34. The molecule has 0 saturated carbocycles. The fourth-order valence-corrected chi connectivity index (χ4v) is 5.54. The van der Waals surface area contributed by atoms with E-state index in [0.717, 1.165) is 18.4 Å². The monoisotopic (exact) mass is 387 g/mol. The van der Waals surface area contributed by atoms with Crippen LogP contribution in [0.1, 0.15) is 55.6 Å². The third-order valence-electron chi connectivity index (χ3n) is 5.21. The van der Waals surface area contributed by atoms with Crippen molar-refractivity contribution in [2.75, 3.05) is 4.31 Å². The molecule has 1 heterocycles. The van der Waals surface area contributed by atoms with E-state index < -0.39 is 15.6 Å². The average Bonchev–Trinajstić information content (AvgIpc) is 2.60. The average molecular weight is 388 g/mol. The van der Waals surface area contributed by atoms with Crippen LogP contribution in [0.2, 0.25) is 0 Å². The van der Waals surface area contributed by atoms with Crippen LogP contribution in [0.5, 0.6) is 5.75 Å². The van der Waals surface area contributed by atoms with Gasteiger partial charge in [0.25, 0.3) is 10.0 Å². The number of aromatic hydroxyl groups is 1. The predicted molar refractivity (Wildman–Crippen MR) is 106 cm³/mol. The van der Waals surface area contributed by atoms with Crippen molar-refractivity contribution >= 4 is 21.5 Å². The minimum atomic E-state index is -3.91. The number of phenolic OH excluding ortho intramolecular Hbond substituents is 1. The molecule has 0 unspecified atom stereocenters. The summed E-state index contributed by atoms with van der Waals surface area (Å²) in [4.78, 5) is 11.8. The number of phenols is 1. The number of fused-ring (bicyclic) bond motifs is 1. The number of anilines is 1. The number of benzene rings is 2. The Balaban J connectivity index is 2.19. The van der Waals surface area contributed by atoms with Crippen LogP contribution >= 0.6 is 0 Å². The van der Waals surface area contributed by atoms with E-state index in [2.05, 4.69) is 13.0 Å². The van der Waals surface area contributed by atoms with Gasteiger partial charge in [0.2, 0.25) is 0 Å². The molecule has 5 nitrogen and oxygen atoms in total. The highest BCUT2D eigenvalue weighted by molar-refractivity contribution is 7.93. The van der Waals surface area contributed by atoms with E-state index >= 15 is 0 Å². The number of carbonyl (C=O) groups is 1. The normalized spacial score (nSPS) is 16.1. The molecule has 2 aromatic rings. The van der Waals surface area contributed by atoms with Crippen LogP contribution in [-0.2, 0) is 22.9 Å². The maximum Gasteiger partial charge on any atom is 0.264 e. The Kier molecular flexibility index (Phi) is 4.80. The van der Waals surface area contributed by atoms with Crippen LogP contribution in [0.25, 0.3) is 0 Å². The number of carbonyl (C=O) groups excluding carboxylic acids is 1. The molecular formula is C21H25NO4S. The molecule has 3 rings (SSSR count). The Morgan fingerprint density at radius 2 is 1.89 bits per heavy atom. The van der Waals surface area contributed by atoms with Gasteiger partial charge in [0.05, 0.1) is 21.7 Å². The van der Waals surface area contributed by atoms with Crippen molar-refractivity contribution in [3.8, 4) is 5.75 Å². The van der Waals surface area contributed by atoms with E-state index in [9.17, 15) is 18.3 Å². The second-order valence-electron chi connectivity index (χ2n) is 7.63. The van der Waals surface area contributed by atoms with Gasteiger partial charge in [-0.05, 0) is 75.4 Å². The van der Waals surface area contributed by atoms with Gasteiger partial charge in [-0.3, -0.25) is 9.10 Å². The highest BCUT2D eigenvalue weighted by Crippen LogP contribution is 2.41. The second kappa shape index (κ2) is 6.68. The highest BCUT2D eigenvalue weighted by Gasteiger charge is 2.41. The summed E-state index contributed by atoms with van der Waals surface area (Å²) in [7, 11) is -3.91. The maximum absolute atomic E-state index is 13.5. The highest BCUT2D eigenvalue weighted by atomic mass is 32.2. The smallest absolute Gasteiger partial charge is 0.264 e. The summed E-state index contributed by atoms with van der Waals surface area (Å²) in [6.07, 6.45) is 2.41. The zero-order valence-electron chi connectivity index (χ0n) is 16.1. The number of aryl methyl sites for hydroxylation is 2. The van der Waals surface area contributed by atoms with E-state index in [-0.39, 0.29) is 22.0 Å². The first-order chi connectivity index (χ1) is 12.6. The molecule has 144 valence electrons. The van der Waals surface area contributed by atoms with Gasteiger partial charge in [-0.1, -0.05) is 19.1 Å². The molecule has 0 fully saturated rings. The number of hydrogen-bond acceptors (Lipinski definition) is 4. The summed E-state index contributed by atoms with van der Waals surface area (Å²) in [6, 6.07) is 9.78. The number of nitrogens with zero attached hydrogens (tertiary/aromatic N) is 1. The molecule has 0 atom stereocenters. The minimum absolute atomic E-state index is 0.00555. The Morgan fingerprint density at radius 1 is 1.19 bits per heavy atom. The molecule has 6 heteroatoms. The van der Waals surface area contributed by atoms with Crippen LogP contribution in [0, 0.1) is 0 Å². The van der Waals surface area contributed by atoms with E-state index in [4.69, 9.17) is 0 Å². The standard InChI is InChI=1S/C21H25NO4S/c1-5-15-6-8-19-16(12-15)10-11-21(3,4)22(19)27(25,26)17-7-9-20(24)18(13-17)14(2)23/h6-9,12-13,24H,5,10-11H2,1-4H3. The van der Waals surface area contributed by atoms with Gasteiger partial charge in [0.1, 0.15) is 5.75 Å². The fraction of sp³-hybridized carbons (Fsp3) is 0.381. The number of rotatable bonds is 4. The quantitative estimate of drug-likeness (QED) is 0.802. The molecule has 1 aliphatic heterocycles. The van der Waals surface area contributed by atoms with Crippen LogP contribution in [-0.4, -0.2) is 24.8 Å². The van der Waals surface area contributed by atoms with Gasteiger partial charge >= 0.3 is 0 Å². The molecule has 0 bridgehead atoms. The van der Waals surface area contributed by atoms with Gasteiger partial charge in [0.15, 0.2) is 5.78 Å². The van der Waals surface area contributed by atoms with Crippen LogP contribution in [0.3, 0.4) is 0 Å². The van der Waals surface area contributed by atoms with Gasteiger partial charge in [-0.2, -0.15) is 0 Å². The lowest BCUT2D eigenvalue weighted by Gasteiger charge is -2.44. The fourth-order valence-electron chi connectivity index (χ4n) is 3.64. The number of ketones is 1. The summed E-state index contributed by atoms with van der Waals surface area (Å²) in [6.45, 7) is 7.20. The summed E-state index contributed by atoms with van der Waals surface area (Å²) in [5.41, 5.74) is 2.28. The van der Waals surface area contributed by atoms with Crippen molar-refractivity contribution in [3.63, 3.8) is 0 Å². The lowest BCUT2D eigenvalue weighted by atomic mass is 9.88. The third-order valence-corrected chi connectivity index (χ3v) is 7.23. The number of hydrogen-bond donors (Lipinski definition) is 1.